The number of amides is 1. The maximum absolute atomic E-state index is 13.4. The van der Waals surface area contributed by atoms with Crippen LogP contribution in [0.1, 0.15) is 36.0 Å². The van der Waals surface area contributed by atoms with Crippen molar-refractivity contribution < 1.29 is 22.8 Å². The van der Waals surface area contributed by atoms with Gasteiger partial charge in [-0.1, -0.05) is 11.6 Å². The molecule has 152 valence electrons. The zero-order chi connectivity index (χ0) is 20.7. The summed E-state index contributed by atoms with van der Waals surface area (Å²) in [5.74, 6) is -4.32. The highest BCUT2D eigenvalue weighted by atomic mass is 35.5. The Morgan fingerprint density at radius 3 is 2.28 bits per heavy atom. The summed E-state index contributed by atoms with van der Waals surface area (Å²) in [6.07, 6.45) is 3.50. The van der Waals surface area contributed by atoms with Crippen molar-refractivity contribution in [2.75, 3.05) is 5.32 Å². The molecule has 0 radical (unpaired) electrons. The van der Waals surface area contributed by atoms with Crippen molar-refractivity contribution in [3.8, 4) is 0 Å². The van der Waals surface area contributed by atoms with Gasteiger partial charge in [-0.2, -0.15) is 0 Å². The Labute approximate surface area is 175 Å². The summed E-state index contributed by atoms with van der Waals surface area (Å²) in [6, 6.07) is 6.16. The van der Waals surface area contributed by atoms with E-state index in [9.17, 15) is 22.8 Å². The van der Waals surface area contributed by atoms with Gasteiger partial charge in [-0.15, -0.1) is 11.8 Å². The molecule has 0 aromatic heterocycles. The molecule has 2 aromatic carbocycles. The van der Waals surface area contributed by atoms with E-state index >= 15 is 0 Å². The van der Waals surface area contributed by atoms with Gasteiger partial charge in [0.1, 0.15) is 5.78 Å². The molecule has 2 aliphatic carbocycles. The molecule has 1 N–H and O–H groups in total. The molecule has 0 spiro atoms. The second kappa shape index (κ2) is 8.03. The van der Waals surface area contributed by atoms with Gasteiger partial charge in [-0.25, -0.2) is 13.2 Å². The number of benzene rings is 2. The maximum Gasteiger partial charge on any atom is 0.255 e. The van der Waals surface area contributed by atoms with E-state index in [-0.39, 0.29) is 28.3 Å². The lowest BCUT2D eigenvalue weighted by atomic mass is 9.87. The van der Waals surface area contributed by atoms with Gasteiger partial charge in [0.15, 0.2) is 17.5 Å². The van der Waals surface area contributed by atoms with Crippen LogP contribution in [0.4, 0.5) is 18.9 Å². The lowest BCUT2D eigenvalue weighted by Crippen LogP contribution is -2.27. The molecule has 2 aliphatic rings. The molecule has 2 saturated carbocycles. The number of ketones is 1. The molecular formula is C21H17ClF3NO2S. The van der Waals surface area contributed by atoms with Gasteiger partial charge < -0.3 is 5.32 Å². The molecule has 4 rings (SSSR count). The Kier molecular flexibility index (Phi) is 5.62. The summed E-state index contributed by atoms with van der Waals surface area (Å²) in [5.41, 5.74) is 0.0785. The quantitative estimate of drug-likeness (QED) is 0.607. The minimum atomic E-state index is -1.59. The first-order valence-electron chi connectivity index (χ1n) is 9.27. The van der Waals surface area contributed by atoms with E-state index in [2.05, 4.69) is 5.32 Å². The number of thioether (sulfide) groups is 1. The number of hydrogen-bond donors (Lipinski definition) is 1. The minimum Gasteiger partial charge on any atom is -0.322 e. The maximum atomic E-state index is 13.4. The summed E-state index contributed by atoms with van der Waals surface area (Å²) < 4.78 is 39.8. The van der Waals surface area contributed by atoms with Gasteiger partial charge in [-0.05, 0) is 43.9 Å². The molecule has 2 aromatic rings. The van der Waals surface area contributed by atoms with Crippen molar-refractivity contribution in [2.24, 2.45) is 11.8 Å². The van der Waals surface area contributed by atoms with Crippen LogP contribution in [0, 0.1) is 29.3 Å². The first kappa shape index (κ1) is 20.3. The predicted molar refractivity (Wildman–Crippen MR) is 106 cm³/mol. The standard InChI is InChI=1S/C21H17ClF3NO2S/c22-15-4-3-12(21(28)26-13-8-16(23)19(25)17(24)9-13)7-18(15)29-14-5-10-1-2-11(6-14)20(10)27/h3-4,7-11,14H,1-2,5-6H2,(H,26,28). The number of fused-ring (bicyclic) bond motifs is 2. The number of nitrogens with one attached hydrogen (secondary N) is 1. The Balaban J connectivity index is 1.49. The Morgan fingerprint density at radius 1 is 1.03 bits per heavy atom. The Bertz CT molecular complexity index is 961. The van der Waals surface area contributed by atoms with Crippen molar-refractivity contribution >= 4 is 40.7 Å². The van der Waals surface area contributed by atoms with Gasteiger partial charge in [0.05, 0.1) is 5.02 Å². The zero-order valence-electron chi connectivity index (χ0n) is 15.2. The summed E-state index contributed by atoms with van der Waals surface area (Å²) in [7, 11) is 0. The van der Waals surface area contributed by atoms with Crippen molar-refractivity contribution in [3.05, 3.63) is 58.4 Å². The SMILES string of the molecule is O=C(Nc1cc(F)c(F)c(F)c1)c1ccc(Cl)c(SC2CC3CCC(C2)C3=O)c1. The van der Waals surface area contributed by atoms with Crippen molar-refractivity contribution in [2.45, 2.75) is 35.8 Å². The molecular weight excluding hydrogens is 423 g/mol. The van der Waals surface area contributed by atoms with Crippen LogP contribution in [0.25, 0.3) is 0 Å². The second-order valence-corrected chi connectivity index (χ2v) is 9.19. The fourth-order valence-corrected chi connectivity index (χ4v) is 5.70. The zero-order valence-corrected chi connectivity index (χ0v) is 16.8. The largest absolute Gasteiger partial charge is 0.322 e. The number of carbonyl (C=O) groups excluding carboxylic acids is 2. The molecule has 0 aliphatic heterocycles. The van der Waals surface area contributed by atoms with E-state index in [0.717, 1.165) is 42.7 Å². The Hall–Kier alpha value is -1.99. The van der Waals surface area contributed by atoms with Gasteiger partial charge in [0.25, 0.3) is 5.91 Å². The molecule has 1 amide bonds. The lowest BCUT2D eigenvalue weighted by Gasteiger charge is -2.26. The monoisotopic (exact) mass is 439 g/mol. The normalized spacial score (nSPS) is 23.3. The van der Waals surface area contributed by atoms with Crippen molar-refractivity contribution in [1.82, 2.24) is 0 Å². The van der Waals surface area contributed by atoms with Crippen LogP contribution in [0.3, 0.4) is 0 Å². The summed E-state index contributed by atoms with van der Waals surface area (Å²) in [4.78, 5) is 25.3. The Morgan fingerprint density at radius 2 is 1.66 bits per heavy atom. The topological polar surface area (TPSA) is 46.2 Å². The average molecular weight is 440 g/mol. The van der Waals surface area contributed by atoms with Crippen molar-refractivity contribution in [3.63, 3.8) is 0 Å². The third-order valence-corrected chi connectivity index (χ3v) is 7.24. The smallest absolute Gasteiger partial charge is 0.255 e. The molecule has 2 unspecified atom stereocenters. The van der Waals surface area contributed by atoms with E-state index in [1.54, 1.807) is 23.9 Å². The van der Waals surface area contributed by atoms with E-state index in [1.165, 1.54) is 6.07 Å². The summed E-state index contributed by atoms with van der Waals surface area (Å²) in [6.45, 7) is 0. The van der Waals surface area contributed by atoms with Gasteiger partial charge in [-0.3, -0.25) is 9.59 Å². The molecule has 2 fully saturated rings. The van der Waals surface area contributed by atoms with E-state index in [4.69, 9.17) is 11.6 Å². The third kappa shape index (κ3) is 4.16. The van der Waals surface area contributed by atoms with Gasteiger partial charge in [0, 0.05) is 45.4 Å². The number of Topliss-reactive ketones (excluding diaryl/α,β-unsaturated/α-hetero) is 1. The van der Waals surface area contributed by atoms with E-state index in [1.807, 2.05) is 0 Å². The molecule has 0 saturated heterocycles. The highest BCUT2D eigenvalue weighted by molar-refractivity contribution is 8.00. The third-order valence-electron chi connectivity index (χ3n) is 5.49. The number of halogens is 4. The van der Waals surface area contributed by atoms with E-state index in [0.29, 0.717) is 10.8 Å². The number of hydrogen-bond acceptors (Lipinski definition) is 3. The van der Waals surface area contributed by atoms with Crippen LogP contribution >= 0.6 is 23.4 Å². The molecule has 8 heteroatoms. The lowest BCUT2D eigenvalue weighted by molar-refractivity contribution is -0.125. The minimum absolute atomic E-state index is 0.125. The second-order valence-electron chi connectivity index (χ2n) is 7.44. The van der Waals surface area contributed by atoms with Gasteiger partial charge in [0.2, 0.25) is 0 Å². The molecule has 2 atom stereocenters. The molecule has 2 bridgehead atoms. The van der Waals surface area contributed by atoms with Crippen LogP contribution in [0.2, 0.25) is 5.02 Å². The highest BCUT2D eigenvalue weighted by Gasteiger charge is 2.41. The van der Waals surface area contributed by atoms with Crippen LogP contribution in [-0.4, -0.2) is 16.9 Å². The summed E-state index contributed by atoms with van der Waals surface area (Å²) in [5, 5.41) is 3.11. The molecule has 0 heterocycles. The van der Waals surface area contributed by atoms with Crippen LogP contribution in [0.15, 0.2) is 35.2 Å². The number of anilines is 1. The summed E-state index contributed by atoms with van der Waals surface area (Å²) >= 11 is 7.85. The highest BCUT2D eigenvalue weighted by Crippen LogP contribution is 2.46. The predicted octanol–water partition coefficient (Wildman–Crippen LogP) is 5.86. The van der Waals surface area contributed by atoms with Gasteiger partial charge >= 0.3 is 0 Å². The van der Waals surface area contributed by atoms with E-state index < -0.39 is 23.4 Å². The van der Waals surface area contributed by atoms with Crippen LogP contribution in [-0.2, 0) is 4.79 Å². The van der Waals surface area contributed by atoms with Crippen LogP contribution in [0.5, 0.6) is 0 Å². The molecule has 29 heavy (non-hydrogen) atoms. The first-order chi connectivity index (χ1) is 13.8. The fraction of sp³-hybridized carbons (Fsp3) is 0.333. The molecule has 3 nitrogen and oxygen atoms in total. The number of carbonyl (C=O) groups is 2. The average Bonchev–Trinajstić information content (AvgIpc) is 2.89. The fourth-order valence-electron chi connectivity index (χ4n) is 4.06. The van der Waals surface area contributed by atoms with Crippen LogP contribution < -0.4 is 5.32 Å². The first-order valence-corrected chi connectivity index (χ1v) is 10.5. The number of rotatable bonds is 4. The van der Waals surface area contributed by atoms with Crippen molar-refractivity contribution in [1.29, 1.82) is 0 Å².